The summed E-state index contributed by atoms with van der Waals surface area (Å²) in [7, 11) is 0. The second-order valence-corrected chi connectivity index (χ2v) is 3.82. The van der Waals surface area contributed by atoms with Crippen molar-refractivity contribution in [3.05, 3.63) is 35.1 Å². The van der Waals surface area contributed by atoms with Crippen molar-refractivity contribution in [2.75, 3.05) is 0 Å². The molecule has 3 heteroatoms. The monoisotopic (exact) mass is 202 g/mol. The lowest BCUT2D eigenvalue weighted by atomic mass is 9.89. The highest BCUT2D eigenvalue weighted by Gasteiger charge is 2.19. The predicted molar refractivity (Wildman–Crippen MR) is 49.6 cm³/mol. The lowest BCUT2D eigenvalue weighted by molar-refractivity contribution is 0.458. The molecule has 0 heterocycles. The van der Waals surface area contributed by atoms with Crippen molar-refractivity contribution in [2.24, 2.45) is 5.92 Å². The van der Waals surface area contributed by atoms with E-state index in [2.05, 4.69) is 0 Å². The van der Waals surface area contributed by atoms with Gasteiger partial charge in [-0.2, -0.15) is 0 Å². The summed E-state index contributed by atoms with van der Waals surface area (Å²) >= 11 is 0. The molecule has 1 aromatic carbocycles. The quantitative estimate of drug-likeness (QED) is 0.683. The summed E-state index contributed by atoms with van der Waals surface area (Å²) in [4.78, 5) is 0. The Balaban J connectivity index is 3.20. The van der Waals surface area contributed by atoms with Gasteiger partial charge < -0.3 is 0 Å². The third-order valence-electron chi connectivity index (χ3n) is 2.50. The van der Waals surface area contributed by atoms with Gasteiger partial charge in [0.1, 0.15) is 17.5 Å². The van der Waals surface area contributed by atoms with Crippen LogP contribution in [0.15, 0.2) is 12.1 Å². The summed E-state index contributed by atoms with van der Waals surface area (Å²) in [6, 6.07) is 1.44. The zero-order valence-corrected chi connectivity index (χ0v) is 8.44. The van der Waals surface area contributed by atoms with E-state index in [9.17, 15) is 13.2 Å². The number of rotatable bonds is 2. The summed E-state index contributed by atoms with van der Waals surface area (Å²) in [6.45, 7) is 5.46. The van der Waals surface area contributed by atoms with Gasteiger partial charge in [0, 0.05) is 17.7 Å². The van der Waals surface area contributed by atoms with Crippen LogP contribution in [0.4, 0.5) is 13.2 Å². The van der Waals surface area contributed by atoms with Gasteiger partial charge >= 0.3 is 0 Å². The minimum atomic E-state index is -0.875. The first kappa shape index (κ1) is 11.1. The van der Waals surface area contributed by atoms with Gasteiger partial charge in [-0.3, -0.25) is 0 Å². The zero-order chi connectivity index (χ0) is 10.9. The predicted octanol–water partition coefficient (Wildman–Crippen LogP) is 3.86. The summed E-state index contributed by atoms with van der Waals surface area (Å²) in [6.07, 6.45) is 0. The van der Waals surface area contributed by atoms with E-state index in [-0.39, 0.29) is 17.4 Å². The Labute approximate surface area is 81.8 Å². The normalized spacial score (nSPS) is 13.4. The first-order chi connectivity index (χ1) is 6.43. The number of benzene rings is 1. The molecule has 0 aromatic heterocycles. The first-order valence-corrected chi connectivity index (χ1v) is 4.58. The van der Waals surface area contributed by atoms with Crippen LogP contribution in [0.5, 0.6) is 0 Å². The molecular formula is C11H13F3. The van der Waals surface area contributed by atoms with Gasteiger partial charge in [0.25, 0.3) is 0 Å². The van der Waals surface area contributed by atoms with Gasteiger partial charge in [0.15, 0.2) is 0 Å². The molecule has 0 radical (unpaired) electrons. The van der Waals surface area contributed by atoms with Gasteiger partial charge in [-0.15, -0.1) is 0 Å². The average Bonchev–Trinajstić information content (AvgIpc) is 2.01. The smallest absolute Gasteiger partial charge is 0.132 e. The van der Waals surface area contributed by atoms with Crippen molar-refractivity contribution in [2.45, 2.75) is 26.7 Å². The maximum absolute atomic E-state index is 13.2. The molecule has 0 nitrogen and oxygen atoms in total. The molecule has 0 aliphatic heterocycles. The van der Waals surface area contributed by atoms with Gasteiger partial charge in [-0.1, -0.05) is 20.8 Å². The lowest BCUT2D eigenvalue weighted by Gasteiger charge is -2.17. The third kappa shape index (κ3) is 2.08. The molecule has 0 amide bonds. The van der Waals surface area contributed by atoms with Gasteiger partial charge in [-0.05, 0) is 11.8 Å². The van der Waals surface area contributed by atoms with E-state index < -0.39 is 17.5 Å². The fourth-order valence-corrected chi connectivity index (χ4v) is 1.32. The van der Waals surface area contributed by atoms with Crippen molar-refractivity contribution in [1.29, 1.82) is 0 Å². The molecule has 0 saturated heterocycles. The number of hydrogen-bond donors (Lipinski definition) is 0. The summed E-state index contributed by atoms with van der Waals surface area (Å²) in [5, 5.41) is 0. The Kier molecular flexibility index (Phi) is 3.19. The second kappa shape index (κ2) is 4.03. The van der Waals surface area contributed by atoms with Crippen LogP contribution in [0.3, 0.4) is 0 Å². The Hall–Kier alpha value is -0.990. The molecule has 0 aliphatic rings. The van der Waals surface area contributed by atoms with Crippen molar-refractivity contribution in [3.63, 3.8) is 0 Å². The molecule has 0 bridgehead atoms. The van der Waals surface area contributed by atoms with Crippen LogP contribution in [0.2, 0.25) is 0 Å². The van der Waals surface area contributed by atoms with Gasteiger partial charge in [0.2, 0.25) is 0 Å². The Morgan fingerprint density at radius 2 is 1.36 bits per heavy atom. The molecule has 1 rings (SSSR count). The van der Waals surface area contributed by atoms with E-state index in [4.69, 9.17) is 0 Å². The first-order valence-electron chi connectivity index (χ1n) is 4.58. The van der Waals surface area contributed by atoms with E-state index in [0.29, 0.717) is 0 Å². The fourth-order valence-electron chi connectivity index (χ4n) is 1.32. The van der Waals surface area contributed by atoms with Crippen LogP contribution in [0, 0.1) is 23.4 Å². The standard InChI is InChI=1S/C11H13F3/c1-6(2)7(3)11-9(13)4-8(12)5-10(11)14/h4-7H,1-3H3/t7-/m0/s1. The molecule has 0 saturated carbocycles. The molecule has 1 aromatic rings. The van der Waals surface area contributed by atoms with Crippen LogP contribution >= 0.6 is 0 Å². The van der Waals surface area contributed by atoms with Crippen LogP contribution in [-0.2, 0) is 0 Å². The van der Waals surface area contributed by atoms with E-state index in [1.54, 1.807) is 6.92 Å². The van der Waals surface area contributed by atoms with E-state index in [1.807, 2.05) is 13.8 Å². The van der Waals surface area contributed by atoms with Crippen LogP contribution in [0.25, 0.3) is 0 Å². The number of halogens is 3. The van der Waals surface area contributed by atoms with E-state index >= 15 is 0 Å². The molecule has 14 heavy (non-hydrogen) atoms. The molecule has 78 valence electrons. The molecule has 1 atom stereocenters. The highest BCUT2D eigenvalue weighted by atomic mass is 19.1. The summed E-state index contributed by atoms with van der Waals surface area (Å²) in [5.74, 6) is -2.62. The summed E-state index contributed by atoms with van der Waals surface area (Å²) < 4.78 is 39.1. The SMILES string of the molecule is CC(C)[C@H](C)c1c(F)cc(F)cc1F. The number of hydrogen-bond acceptors (Lipinski definition) is 0. The molecule has 0 N–H and O–H groups in total. The minimum Gasteiger partial charge on any atom is -0.207 e. The van der Waals surface area contributed by atoms with Crippen molar-refractivity contribution in [1.82, 2.24) is 0 Å². The lowest BCUT2D eigenvalue weighted by Crippen LogP contribution is -2.08. The van der Waals surface area contributed by atoms with Gasteiger partial charge in [0.05, 0.1) is 0 Å². The van der Waals surface area contributed by atoms with E-state index in [0.717, 1.165) is 12.1 Å². The zero-order valence-electron chi connectivity index (χ0n) is 8.44. The molecule has 0 spiro atoms. The van der Waals surface area contributed by atoms with Crippen molar-refractivity contribution < 1.29 is 13.2 Å². The summed E-state index contributed by atoms with van der Waals surface area (Å²) in [5.41, 5.74) is -0.0265. The Bertz CT molecular complexity index is 308. The third-order valence-corrected chi connectivity index (χ3v) is 2.50. The Morgan fingerprint density at radius 3 is 1.71 bits per heavy atom. The second-order valence-electron chi connectivity index (χ2n) is 3.82. The minimum absolute atomic E-state index is 0.0265. The highest BCUT2D eigenvalue weighted by Crippen LogP contribution is 2.28. The maximum Gasteiger partial charge on any atom is 0.132 e. The van der Waals surface area contributed by atoms with Crippen molar-refractivity contribution in [3.8, 4) is 0 Å². The molecule has 0 aliphatic carbocycles. The van der Waals surface area contributed by atoms with E-state index in [1.165, 1.54) is 0 Å². The largest absolute Gasteiger partial charge is 0.207 e. The molecular weight excluding hydrogens is 189 g/mol. The molecule has 0 unspecified atom stereocenters. The fraction of sp³-hybridized carbons (Fsp3) is 0.455. The van der Waals surface area contributed by atoms with Gasteiger partial charge in [-0.25, -0.2) is 13.2 Å². The van der Waals surface area contributed by atoms with Crippen LogP contribution in [-0.4, -0.2) is 0 Å². The van der Waals surface area contributed by atoms with Crippen molar-refractivity contribution >= 4 is 0 Å². The maximum atomic E-state index is 13.2. The van der Waals surface area contributed by atoms with Crippen LogP contribution in [0.1, 0.15) is 32.3 Å². The van der Waals surface area contributed by atoms with Crippen LogP contribution < -0.4 is 0 Å². The Morgan fingerprint density at radius 1 is 0.929 bits per heavy atom. The topological polar surface area (TPSA) is 0 Å². The molecule has 0 fully saturated rings. The average molecular weight is 202 g/mol. The highest BCUT2D eigenvalue weighted by molar-refractivity contribution is 5.24.